The minimum absolute atomic E-state index is 0.120. The highest BCUT2D eigenvalue weighted by Gasteiger charge is 2.35. The number of aromatic nitrogens is 4. The first-order chi connectivity index (χ1) is 15.0. The molecule has 0 spiro atoms. The van der Waals surface area contributed by atoms with E-state index in [1.165, 1.54) is 4.68 Å². The molecular formula is C24H25N5O2. The number of hydrogen-bond donors (Lipinski definition) is 0. The van der Waals surface area contributed by atoms with Crippen LogP contribution in [0.3, 0.4) is 0 Å². The summed E-state index contributed by atoms with van der Waals surface area (Å²) >= 11 is 0. The standard InChI is InChI=1S/C24H25N5O2/c1-15(2)29-23(30)17-10-5-4-9-16(17)21(26-29)24(31)28-14-8-13-20(28)22-25-18-11-6-7-12-19(18)27(22)3/h4-7,9-12,15,20H,8,13-14H2,1-3H3/t20-/m0/s1. The molecule has 4 aromatic rings. The molecule has 5 rings (SSSR count). The lowest BCUT2D eigenvalue weighted by Crippen LogP contribution is -2.35. The van der Waals surface area contributed by atoms with Gasteiger partial charge in [0.25, 0.3) is 11.5 Å². The zero-order valence-electron chi connectivity index (χ0n) is 17.9. The maximum atomic E-state index is 13.8. The lowest BCUT2D eigenvalue weighted by Gasteiger charge is -2.25. The molecule has 0 unspecified atom stereocenters. The van der Waals surface area contributed by atoms with Crippen molar-refractivity contribution < 1.29 is 4.79 Å². The van der Waals surface area contributed by atoms with E-state index in [1.54, 1.807) is 6.07 Å². The van der Waals surface area contributed by atoms with E-state index in [9.17, 15) is 9.59 Å². The van der Waals surface area contributed by atoms with Crippen LogP contribution in [0.15, 0.2) is 53.3 Å². The van der Waals surface area contributed by atoms with Gasteiger partial charge in [0.1, 0.15) is 5.82 Å². The summed E-state index contributed by atoms with van der Waals surface area (Å²) in [5, 5.41) is 5.65. The van der Waals surface area contributed by atoms with Crippen molar-refractivity contribution in [3.8, 4) is 0 Å². The molecular weight excluding hydrogens is 390 g/mol. The number of likely N-dealkylation sites (tertiary alicyclic amines) is 1. The maximum Gasteiger partial charge on any atom is 0.275 e. The fraction of sp³-hybridized carbons (Fsp3) is 0.333. The third-order valence-electron chi connectivity index (χ3n) is 6.15. The van der Waals surface area contributed by atoms with Crippen LogP contribution in [0.2, 0.25) is 0 Å². The fourth-order valence-electron chi connectivity index (χ4n) is 4.59. The molecule has 0 bridgehead atoms. The van der Waals surface area contributed by atoms with Crippen LogP contribution in [0.1, 0.15) is 55.1 Å². The Bertz CT molecular complexity index is 1370. The molecule has 1 saturated heterocycles. The van der Waals surface area contributed by atoms with Crippen molar-refractivity contribution in [3.63, 3.8) is 0 Å². The predicted molar refractivity (Wildman–Crippen MR) is 120 cm³/mol. The number of fused-ring (bicyclic) bond motifs is 2. The van der Waals surface area contributed by atoms with Gasteiger partial charge in [0.05, 0.1) is 28.5 Å². The average molecular weight is 415 g/mol. The van der Waals surface area contributed by atoms with E-state index in [0.29, 0.717) is 23.0 Å². The summed E-state index contributed by atoms with van der Waals surface area (Å²) in [4.78, 5) is 33.3. The average Bonchev–Trinajstić information content (AvgIpc) is 3.38. The molecule has 0 aliphatic carbocycles. The molecule has 2 aromatic carbocycles. The number of benzene rings is 2. The van der Waals surface area contributed by atoms with Gasteiger partial charge in [-0.15, -0.1) is 0 Å². The van der Waals surface area contributed by atoms with Crippen LogP contribution in [-0.4, -0.2) is 36.7 Å². The van der Waals surface area contributed by atoms with E-state index in [-0.39, 0.29) is 23.6 Å². The van der Waals surface area contributed by atoms with Gasteiger partial charge in [-0.1, -0.05) is 30.3 Å². The van der Waals surface area contributed by atoms with Crippen LogP contribution in [0.5, 0.6) is 0 Å². The summed E-state index contributed by atoms with van der Waals surface area (Å²) in [7, 11) is 2.00. The van der Waals surface area contributed by atoms with Crippen molar-refractivity contribution in [2.75, 3.05) is 6.54 Å². The number of aryl methyl sites for hydroxylation is 1. The van der Waals surface area contributed by atoms with Gasteiger partial charge in [-0.2, -0.15) is 5.10 Å². The number of carbonyl (C=O) groups excluding carboxylic acids is 1. The summed E-state index contributed by atoms with van der Waals surface area (Å²) in [6.07, 6.45) is 1.76. The molecule has 0 saturated carbocycles. The van der Waals surface area contributed by atoms with Gasteiger partial charge in [-0.05, 0) is 44.9 Å². The van der Waals surface area contributed by atoms with E-state index in [2.05, 4.69) is 9.67 Å². The van der Waals surface area contributed by atoms with Crippen molar-refractivity contribution in [1.29, 1.82) is 0 Å². The molecule has 1 aliphatic rings. The number of nitrogens with zero attached hydrogens (tertiary/aromatic N) is 5. The van der Waals surface area contributed by atoms with Crippen LogP contribution >= 0.6 is 0 Å². The number of para-hydroxylation sites is 2. The summed E-state index contributed by atoms with van der Waals surface area (Å²) in [5.74, 6) is 0.730. The van der Waals surface area contributed by atoms with Gasteiger partial charge in [-0.25, -0.2) is 9.67 Å². The summed E-state index contributed by atoms with van der Waals surface area (Å²) in [6, 6.07) is 15.0. The number of hydrogen-bond acceptors (Lipinski definition) is 4. The third kappa shape index (κ3) is 3.03. The Labute approximate surface area is 179 Å². The number of carbonyl (C=O) groups is 1. The first-order valence-corrected chi connectivity index (χ1v) is 10.7. The molecule has 1 fully saturated rings. The zero-order valence-corrected chi connectivity index (χ0v) is 17.9. The second-order valence-electron chi connectivity index (χ2n) is 8.41. The molecule has 3 heterocycles. The van der Waals surface area contributed by atoms with Gasteiger partial charge in [0.2, 0.25) is 0 Å². The largest absolute Gasteiger partial charge is 0.329 e. The quantitative estimate of drug-likeness (QED) is 0.510. The van der Waals surface area contributed by atoms with Crippen LogP contribution in [0.4, 0.5) is 0 Å². The summed E-state index contributed by atoms with van der Waals surface area (Å²) in [5.41, 5.74) is 2.13. The Morgan fingerprint density at radius 3 is 2.52 bits per heavy atom. The zero-order chi connectivity index (χ0) is 21.7. The number of imidazole rings is 1. The molecule has 31 heavy (non-hydrogen) atoms. The van der Waals surface area contributed by atoms with Crippen molar-refractivity contribution in [1.82, 2.24) is 24.2 Å². The summed E-state index contributed by atoms with van der Waals surface area (Å²) < 4.78 is 3.49. The van der Waals surface area contributed by atoms with Gasteiger partial charge >= 0.3 is 0 Å². The fourth-order valence-corrected chi connectivity index (χ4v) is 4.59. The maximum absolute atomic E-state index is 13.8. The first kappa shape index (κ1) is 19.5. The van der Waals surface area contributed by atoms with Crippen molar-refractivity contribution in [2.45, 2.75) is 38.8 Å². The minimum Gasteiger partial charge on any atom is -0.329 e. The monoisotopic (exact) mass is 415 g/mol. The van der Waals surface area contributed by atoms with Gasteiger partial charge in [0.15, 0.2) is 5.69 Å². The van der Waals surface area contributed by atoms with Crippen molar-refractivity contribution >= 4 is 27.7 Å². The number of rotatable bonds is 3. The smallest absolute Gasteiger partial charge is 0.275 e. The molecule has 1 atom stereocenters. The van der Waals surface area contributed by atoms with E-state index in [0.717, 1.165) is 29.7 Å². The highest BCUT2D eigenvalue weighted by atomic mass is 16.2. The van der Waals surface area contributed by atoms with Crippen molar-refractivity contribution in [2.24, 2.45) is 7.05 Å². The lowest BCUT2D eigenvalue weighted by atomic mass is 10.1. The molecule has 1 amide bonds. The van der Waals surface area contributed by atoms with E-state index in [1.807, 2.05) is 68.3 Å². The van der Waals surface area contributed by atoms with Crippen LogP contribution in [-0.2, 0) is 7.05 Å². The lowest BCUT2D eigenvalue weighted by molar-refractivity contribution is 0.0721. The highest BCUT2D eigenvalue weighted by Crippen LogP contribution is 2.34. The van der Waals surface area contributed by atoms with Gasteiger partial charge in [0, 0.05) is 19.0 Å². The summed E-state index contributed by atoms with van der Waals surface area (Å²) in [6.45, 7) is 4.44. The SMILES string of the molecule is CC(C)n1nc(C(=O)N2CCC[C@H]2c2nc3ccccc3n2C)c2ccccc2c1=O. The first-order valence-electron chi connectivity index (χ1n) is 10.7. The second-order valence-corrected chi connectivity index (χ2v) is 8.41. The van der Waals surface area contributed by atoms with Gasteiger partial charge in [-0.3, -0.25) is 9.59 Å². The molecule has 7 heteroatoms. The highest BCUT2D eigenvalue weighted by molar-refractivity contribution is 6.05. The Morgan fingerprint density at radius 1 is 1.06 bits per heavy atom. The molecule has 7 nitrogen and oxygen atoms in total. The van der Waals surface area contributed by atoms with Crippen LogP contribution < -0.4 is 5.56 Å². The van der Waals surface area contributed by atoms with Gasteiger partial charge < -0.3 is 9.47 Å². The molecule has 2 aromatic heterocycles. The third-order valence-corrected chi connectivity index (χ3v) is 6.15. The van der Waals surface area contributed by atoms with Crippen LogP contribution in [0.25, 0.3) is 21.8 Å². The number of amides is 1. The second kappa shape index (κ2) is 7.34. The van der Waals surface area contributed by atoms with E-state index in [4.69, 9.17) is 4.98 Å². The normalized spacial score (nSPS) is 16.6. The van der Waals surface area contributed by atoms with Crippen LogP contribution in [0, 0.1) is 0 Å². The minimum atomic E-state index is -0.171. The Hall–Kier alpha value is -3.48. The topological polar surface area (TPSA) is 73.0 Å². The molecule has 158 valence electrons. The molecule has 0 radical (unpaired) electrons. The Morgan fingerprint density at radius 2 is 1.77 bits per heavy atom. The molecule has 0 N–H and O–H groups in total. The van der Waals surface area contributed by atoms with E-state index < -0.39 is 0 Å². The predicted octanol–water partition coefficient (Wildman–Crippen LogP) is 3.84. The Balaban J connectivity index is 1.63. The Kier molecular flexibility index (Phi) is 4.61. The van der Waals surface area contributed by atoms with E-state index >= 15 is 0 Å². The molecule has 1 aliphatic heterocycles. The van der Waals surface area contributed by atoms with Crippen molar-refractivity contribution in [3.05, 3.63) is 70.4 Å².